The molecule has 0 unspecified atom stereocenters. The summed E-state index contributed by atoms with van der Waals surface area (Å²) >= 11 is 0. The summed E-state index contributed by atoms with van der Waals surface area (Å²) in [5.41, 5.74) is 0. The molecule has 0 aliphatic heterocycles. The highest BCUT2D eigenvalue weighted by atomic mass is 127. The average molecular weight is 512 g/mol. The zero-order valence-corrected chi connectivity index (χ0v) is 21.5. The molecule has 0 aromatic carbocycles. The van der Waals surface area contributed by atoms with Crippen molar-refractivity contribution in [2.45, 2.75) is 111 Å². The molecule has 0 fully saturated rings. The molecule has 0 aliphatic rings. The second kappa shape index (κ2) is 23.6. The Morgan fingerprint density at radius 2 is 1.07 bits per heavy atom. The maximum Gasteiger partial charge on any atom is 0.174 e. The van der Waals surface area contributed by atoms with Crippen LogP contribution in [0.25, 0.3) is 0 Å². The monoisotopic (exact) mass is 511 g/mol. The van der Waals surface area contributed by atoms with Crippen molar-refractivity contribution in [2.75, 3.05) is 39.4 Å². The van der Waals surface area contributed by atoms with E-state index in [1.807, 2.05) is 0 Å². The fourth-order valence-electron chi connectivity index (χ4n) is 3.81. The molecule has 0 saturated heterocycles. The van der Waals surface area contributed by atoms with Crippen LogP contribution in [0.1, 0.15) is 111 Å². The summed E-state index contributed by atoms with van der Waals surface area (Å²) in [6.45, 7) is 11.9. The zero-order valence-electron chi connectivity index (χ0n) is 19.4. The summed E-state index contributed by atoms with van der Waals surface area (Å²) in [7, 11) is 0. The zero-order chi connectivity index (χ0) is 20.1. The van der Waals surface area contributed by atoms with Crippen LogP contribution in [0.2, 0.25) is 0 Å². The maximum absolute atomic E-state index is 10.9. The first-order valence-electron chi connectivity index (χ1n) is 12.1. The van der Waals surface area contributed by atoms with E-state index in [4.69, 9.17) is 4.74 Å². The number of carbonyl (C=O) groups is 1. The van der Waals surface area contributed by atoms with Gasteiger partial charge in [0.1, 0.15) is 13.1 Å². The van der Waals surface area contributed by atoms with Crippen LogP contribution in [0.3, 0.4) is 0 Å². The van der Waals surface area contributed by atoms with Crippen molar-refractivity contribution in [1.82, 2.24) is 0 Å². The fourth-order valence-corrected chi connectivity index (χ4v) is 3.81. The molecule has 0 saturated carbocycles. The van der Waals surface area contributed by atoms with E-state index < -0.39 is 0 Å². The van der Waals surface area contributed by atoms with E-state index in [0.717, 1.165) is 43.6 Å². The average Bonchev–Trinajstić information content (AvgIpc) is 2.69. The van der Waals surface area contributed by atoms with Gasteiger partial charge in [0.2, 0.25) is 0 Å². The van der Waals surface area contributed by atoms with E-state index in [2.05, 4.69) is 20.8 Å². The van der Waals surface area contributed by atoms with Crippen LogP contribution < -0.4 is 24.0 Å². The number of quaternary nitrogens is 1. The Bertz CT molecular complexity index is 309. The van der Waals surface area contributed by atoms with Gasteiger partial charge >= 0.3 is 0 Å². The summed E-state index contributed by atoms with van der Waals surface area (Å²) in [6, 6.07) is 0. The molecular weight excluding hydrogens is 461 g/mol. The molecule has 4 heteroatoms. The number of carbonyl (C=O) groups excluding carboxylic acids is 1. The minimum absolute atomic E-state index is 0. The first-order valence-corrected chi connectivity index (χ1v) is 12.1. The lowest BCUT2D eigenvalue weighted by molar-refractivity contribution is -0.917. The predicted molar refractivity (Wildman–Crippen MR) is 118 cm³/mol. The number of rotatable bonds is 22. The van der Waals surface area contributed by atoms with Gasteiger partial charge in [0.15, 0.2) is 6.29 Å². The van der Waals surface area contributed by atoms with Crippen LogP contribution in [0, 0.1) is 0 Å². The number of hydrogen-bond donors (Lipinski definition) is 0. The highest BCUT2D eigenvalue weighted by Crippen LogP contribution is 2.13. The molecule has 0 spiro atoms. The summed E-state index contributed by atoms with van der Waals surface area (Å²) in [5, 5.41) is 0. The Morgan fingerprint density at radius 3 is 1.46 bits per heavy atom. The van der Waals surface area contributed by atoms with Gasteiger partial charge in [-0.15, -0.1) is 0 Å². The van der Waals surface area contributed by atoms with Gasteiger partial charge in [-0.2, -0.15) is 0 Å². The van der Waals surface area contributed by atoms with Crippen molar-refractivity contribution >= 4 is 6.29 Å². The van der Waals surface area contributed by atoms with Gasteiger partial charge in [0.25, 0.3) is 0 Å². The number of nitrogens with zero attached hydrogens (tertiary/aromatic N) is 1. The third-order valence-electron chi connectivity index (χ3n) is 6.16. The normalized spacial score (nSPS) is 11.4. The van der Waals surface area contributed by atoms with Crippen LogP contribution in [0.5, 0.6) is 0 Å². The van der Waals surface area contributed by atoms with Crippen LogP contribution >= 0.6 is 0 Å². The SMILES string of the molecule is CCCCCCCCCCCCCCCCOCC[N+](CC)(CC)CC=O.[I-]. The van der Waals surface area contributed by atoms with Crippen molar-refractivity contribution in [1.29, 1.82) is 0 Å². The molecular formula is C24H50INO2. The van der Waals surface area contributed by atoms with Gasteiger partial charge in [-0.1, -0.05) is 90.4 Å². The van der Waals surface area contributed by atoms with Crippen LogP contribution in [0.4, 0.5) is 0 Å². The van der Waals surface area contributed by atoms with Crippen LogP contribution in [-0.2, 0) is 9.53 Å². The van der Waals surface area contributed by atoms with Gasteiger partial charge in [0.05, 0.1) is 19.7 Å². The van der Waals surface area contributed by atoms with Crippen LogP contribution in [0.15, 0.2) is 0 Å². The summed E-state index contributed by atoms with van der Waals surface area (Å²) in [5.74, 6) is 0. The predicted octanol–water partition coefficient (Wildman–Crippen LogP) is 3.54. The quantitative estimate of drug-likeness (QED) is 0.0962. The number of halogens is 1. The molecule has 0 atom stereocenters. The maximum atomic E-state index is 10.9. The number of hydrogen-bond acceptors (Lipinski definition) is 2. The minimum atomic E-state index is 0. The van der Waals surface area contributed by atoms with Crippen LogP contribution in [-0.4, -0.2) is 50.2 Å². The van der Waals surface area contributed by atoms with Crippen molar-refractivity contribution in [3.63, 3.8) is 0 Å². The number of likely N-dealkylation sites (N-methyl/N-ethyl adjacent to an activating group) is 1. The summed E-state index contributed by atoms with van der Waals surface area (Å²) in [4.78, 5) is 10.9. The topological polar surface area (TPSA) is 26.3 Å². The molecule has 0 aromatic rings. The lowest BCUT2D eigenvalue weighted by atomic mass is 10.0. The molecule has 0 bridgehead atoms. The van der Waals surface area contributed by atoms with E-state index in [-0.39, 0.29) is 24.0 Å². The second-order valence-electron chi connectivity index (χ2n) is 8.26. The van der Waals surface area contributed by atoms with Gasteiger partial charge in [-0.3, -0.25) is 4.79 Å². The van der Waals surface area contributed by atoms with Gasteiger partial charge < -0.3 is 33.2 Å². The molecule has 0 N–H and O–H groups in total. The molecule has 0 radical (unpaired) electrons. The minimum Gasteiger partial charge on any atom is -1.00 e. The Morgan fingerprint density at radius 1 is 0.643 bits per heavy atom. The molecule has 0 aromatic heterocycles. The largest absolute Gasteiger partial charge is 1.00 e. The van der Waals surface area contributed by atoms with Crippen molar-refractivity contribution in [3.05, 3.63) is 0 Å². The first kappa shape index (κ1) is 30.5. The number of ether oxygens (including phenoxy) is 1. The van der Waals surface area contributed by atoms with Gasteiger partial charge in [0, 0.05) is 6.61 Å². The summed E-state index contributed by atoms with van der Waals surface area (Å²) in [6.07, 6.45) is 20.6. The second-order valence-corrected chi connectivity index (χ2v) is 8.26. The Hall–Kier alpha value is 0.320. The van der Waals surface area contributed by atoms with E-state index in [0.29, 0.717) is 6.54 Å². The molecule has 3 nitrogen and oxygen atoms in total. The lowest BCUT2D eigenvalue weighted by Gasteiger charge is -2.34. The Balaban J connectivity index is 0. The lowest BCUT2D eigenvalue weighted by Crippen LogP contribution is -3.00. The van der Waals surface area contributed by atoms with Gasteiger partial charge in [-0.25, -0.2) is 0 Å². The highest BCUT2D eigenvalue weighted by Gasteiger charge is 2.21. The third kappa shape index (κ3) is 18.4. The first-order chi connectivity index (χ1) is 13.2. The Kier molecular flexibility index (Phi) is 25.7. The fraction of sp³-hybridized carbons (Fsp3) is 0.958. The van der Waals surface area contributed by atoms with E-state index in [9.17, 15) is 4.79 Å². The van der Waals surface area contributed by atoms with Crippen molar-refractivity contribution in [3.8, 4) is 0 Å². The van der Waals surface area contributed by atoms with Crippen molar-refractivity contribution in [2.24, 2.45) is 0 Å². The number of unbranched alkanes of at least 4 members (excludes halogenated alkanes) is 13. The summed E-state index contributed by atoms with van der Waals surface area (Å²) < 4.78 is 6.68. The van der Waals surface area contributed by atoms with E-state index in [1.54, 1.807) is 0 Å². The Labute approximate surface area is 194 Å². The van der Waals surface area contributed by atoms with E-state index >= 15 is 0 Å². The smallest absolute Gasteiger partial charge is 0.174 e. The van der Waals surface area contributed by atoms with Crippen molar-refractivity contribution < 1.29 is 38.0 Å². The molecule has 0 amide bonds. The van der Waals surface area contributed by atoms with E-state index in [1.165, 1.54) is 89.9 Å². The molecule has 0 aliphatic carbocycles. The third-order valence-corrected chi connectivity index (χ3v) is 6.16. The number of aldehydes is 1. The molecule has 0 heterocycles. The highest BCUT2D eigenvalue weighted by molar-refractivity contribution is 5.50. The molecule has 28 heavy (non-hydrogen) atoms. The molecule has 0 rings (SSSR count). The standard InChI is InChI=1S/C24H50NO2.HI/c1-4-7-8-9-10-11-12-13-14-15-16-17-18-19-23-27-24-21-25(5-2,6-3)20-22-26;/h22H,4-21,23-24H2,1-3H3;1H/q+1;/p-1. The molecule has 170 valence electrons. The van der Waals surface area contributed by atoms with Gasteiger partial charge in [-0.05, 0) is 20.3 Å².